The van der Waals surface area contributed by atoms with Gasteiger partial charge in [-0.25, -0.2) is 14.6 Å². The summed E-state index contributed by atoms with van der Waals surface area (Å²) in [5.74, 6) is -1.60. The fraction of sp³-hybridized carbons (Fsp3) is 0.0323. The molecule has 0 unspecified atom stereocenters. The Kier molecular flexibility index (Phi) is 7.27. The van der Waals surface area contributed by atoms with Crippen LogP contribution in [0.3, 0.4) is 0 Å². The molecule has 192 valence electrons. The van der Waals surface area contributed by atoms with Gasteiger partial charge in [0.15, 0.2) is 6.61 Å². The summed E-state index contributed by atoms with van der Waals surface area (Å²) in [4.78, 5) is 55.0. The van der Waals surface area contributed by atoms with Crippen LogP contribution < -0.4 is 19.9 Å². The average molecular weight is 518 g/mol. The van der Waals surface area contributed by atoms with E-state index in [9.17, 15) is 19.2 Å². The molecule has 0 atom stereocenters. The lowest BCUT2D eigenvalue weighted by Crippen LogP contribution is -2.57. The quantitative estimate of drug-likeness (QED) is 0.266. The number of para-hydroxylation sites is 4. The Labute approximate surface area is 224 Å². The lowest BCUT2D eigenvalue weighted by Gasteiger charge is -2.34. The van der Waals surface area contributed by atoms with Gasteiger partial charge in [0.1, 0.15) is 11.3 Å². The van der Waals surface area contributed by atoms with Crippen LogP contribution >= 0.6 is 0 Å². The van der Waals surface area contributed by atoms with Gasteiger partial charge in [0.2, 0.25) is 0 Å². The van der Waals surface area contributed by atoms with Gasteiger partial charge in [-0.3, -0.25) is 14.4 Å². The third-order valence-electron chi connectivity index (χ3n) is 5.91. The van der Waals surface area contributed by atoms with Gasteiger partial charge < -0.3 is 10.1 Å². The maximum Gasteiger partial charge on any atom is 0.343 e. The molecule has 1 fully saturated rings. The second-order valence-electron chi connectivity index (χ2n) is 8.53. The topological polar surface area (TPSA) is 96.0 Å². The van der Waals surface area contributed by atoms with Crippen LogP contribution in [0.15, 0.2) is 121 Å². The van der Waals surface area contributed by atoms with Crippen molar-refractivity contribution in [3.8, 4) is 5.75 Å². The third-order valence-corrected chi connectivity index (χ3v) is 5.91. The Hall–Kier alpha value is -5.50. The van der Waals surface area contributed by atoms with Gasteiger partial charge in [-0.1, -0.05) is 72.8 Å². The zero-order valence-electron chi connectivity index (χ0n) is 20.7. The predicted octanol–water partition coefficient (Wildman–Crippen LogP) is 5.29. The predicted molar refractivity (Wildman–Crippen MR) is 148 cm³/mol. The molecule has 1 N–H and O–H groups in total. The monoisotopic (exact) mass is 517 g/mol. The molecule has 4 aromatic carbocycles. The molecule has 1 aliphatic rings. The highest BCUT2D eigenvalue weighted by Gasteiger charge is 2.43. The molecule has 0 saturated carbocycles. The number of barbiturate groups is 1. The highest BCUT2D eigenvalue weighted by Crippen LogP contribution is 2.31. The average Bonchev–Trinajstić information content (AvgIpc) is 2.96. The first-order chi connectivity index (χ1) is 19.0. The molecule has 5 amide bonds. The minimum absolute atomic E-state index is 0.230. The normalized spacial score (nSPS) is 13.3. The van der Waals surface area contributed by atoms with Crippen molar-refractivity contribution in [1.82, 2.24) is 0 Å². The Morgan fingerprint density at radius 1 is 0.667 bits per heavy atom. The Balaban J connectivity index is 1.48. The number of nitrogens with zero attached hydrogens (tertiary/aromatic N) is 2. The van der Waals surface area contributed by atoms with E-state index >= 15 is 0 Å². The van der Waals surface area contributed by atoms with Crippen LogP contribution in [-0.4, -0.2) is 30.4 Å². The van der Waals surface area contributed by atoms with Gasteiger partial charge in [-0.05, 0) is 48.5 Å². The number of rotatable bonds is 7. The molecular formula is C31H23N3O5. The lowest BCUT2D eigenvalue weighted by molar-refractivity contribution is -0.121. The number of carbonyl (C=O) groups excluding carboxylic acids is 4. The van der Waals surface area contributed by atoms with E-state index in [-0.39, 0.29) is 18.1 Å². The first-order valence-corrected chi connectivity index (χ1v) is 12.1. The van der Waals surface area contributed by atoms with E-state index in [2.05, 4.69) is 5.32 Å². The van der Waals surface area contributed by atoms with Gasteiger partial charge in [0, 0.05) is 11.3 Å². The van der Waals surface area contributed by atoms with Crippen LogP contribution in [-0.2, 0) is 14.4 Å². The second kappa shape index (κ2) is 11.3. The third kappa shape index (κ3) is 5.45. The smallest absolute Gasteiger partial charge is 0.343 e. The number of urea groups is 1. The Morgan fingerprint density at radius 3 is 1.72 bits per heavy atom. The van der Waals surface area contributed by atoms with E-state index in [1.54, 1.807) is 109 Å². The van der Waals surface area contributed by atoms with E-state index in [0.717, 1.165) is 9.80 Å². The van der Waals surface area contributed by atoms with E-state index in [4.69, 9.17) is 4.74 Å². The van der Waals surface area contributed by atoms with E-state index in [0.29, 0.717) is 28.4 Å². The number of nitrogens with one attached hydrogen (secondary N) is 1. The van der Waals surface area contributed by atoms with E-state index < -0.39 is 17.8 Å². The minimum atomic E-state index is -0.776. The molecule has 8 heteroatoms. The van der Waals surface area contributed by atoms with Crippen LogP contribution in [0.4, 0.5) is 21.9 Å². The molecule has 0 aliphatic carbocycles. The summed E-state index contributed by atoms with van der Waals surface area (Å²) in [5, 5.41) is 2.74. The summed E-state index contributed by atoms with van der Waals surface area (Å²) < 4.78 is 5.75. The van der Waals surface area contributed by atoms with Crippen LogP contribution in [0.1, 0.15) is 5.56 Å². The maximum absolute atomic E-state index is 13.6. The molecule has 4 aromatic rings. The molecular weight excluding hydrogens is 494 g/mol. The van der Waals surface area contributed by atoms with Crippen molar-refractivity contribution in [2.75, 3.05) is 21.7 Å². The molecule has 1 aliphatic heterocycles. The zero-order valence-corrected chi connectivity index (χ0v) is 20.7. The van der Waals surface area contributed by atoms with Crippen molar-refractivity contribution in [1.29, 1.82) is 0 Å². The Morgan fingerprint density at radius 2 is 1.15 bits per heavy atom. The van der Waals surface area contributed by atoms with Gasteiger partial charge in [-0.2, -0.15) is 0 Å². The first-order valence-electron chi connectivity index (χ1n) is 12.1. The largest absolute Gasteiger partial charge is 0.483 e. The van der Waals surface area contributed by atoms with Crippen LogP contribution in [0.25, 0.3) is 6.08 Å². The molecule has 0 spiro atoms. The minimum Gasteiger partial charge on any atom is -0.483 e. The number of ether oxygens (including phenoxy) is 1. The number of hydrogen-bond donors (Lipinski definition) is 1. The molecule has 0 bridgehead atoms. The van der Waals surface area contributed by atoms with Crippen LogP contribution in [0.2, 0.25) is 0 Å². The molecule has 1 heterocycles. The fourth-order valence-corrected chi connectivity index (χ4v) is 4.09. The van der Waals surface area contributed by atoms with Gasteiger partial charge in [0.25, 0.3) is 17.7 Å². The molecule has 0 radical (unpaired) electrons. The summed E-state index contributed by atoms with van der Waals surface area (Å²) in [6.07, 6.45) is 1.38. The van der Waals surface area contributed by atoms with Crippen molar-refractivity contribution in [3.05, 3.63) is 126 Å². The van der Waals surface area contributed by atoms with E-state index in [1.165, 1.54) is 6.08 Å². The fourth-order valence-electron chi connectivity index (χ4n) is 4.09. The highest BCUT2D eigenvalue weighted by molar-refractivity contribution is 6.46. The number of benzene rings is 4. The van der Waals surface area contributed by atoms with Crippen molar-refractivity contribution in [3.63, 3.8) is 0 Å². The summed E-state index contributed by atoms with van der Waals surface area (Å²) in [7, 11) is 0. The zero-order chi connectivity index (χ0) is 27.2. The molecule has 1 saturated heterocycles. The summed E-state index contributed by atoms with van der Waals surface area (Å²) in [5.41, 5.74) is 1.46. The maximum atomic E-state index is 13.6. The first kappa shape index (κ1) is 25.2. The molecule has 0 aromatic heterocycles. The van der Waals surface area contributed by atoms with Crippen molar-refractivity contribution < 1.29 is 23.9 Å². The summed E-state index contributed by atoms with van der Waals surface area (Å²) >= 11 is 0. The number of hydrogen-bond acceptors (Lipinski definition) is 5. The van der Waals surface area contributed by atoms with Crippen LogP contribution in [0, 0.1) is 0 Å². The van der Waals surface area contributed by atoms with Crippen molar-refractivity contribution >= 4 is 46.9 Å². The number of anilines is 3. The SMILES string of the molecule is O=C(COc1ccccc1C=C1C(=O)N(c2ccccc2)C(=O)N(c2ccccc2)C1=O)Nc1ccccc1. The summed E-state index contributed by atoms with van der Waals surface area (Å²) in [6, 6.07) is 31.7. The number of amides is 5. The molecule has 8 nitrogen and oxygen atoms in total. The van der Waals surface area contributed by atoms with Crippen molar-refractivity contribution in [2.45, 2.75) is 0 Å². The van der Waals surface area contributed by atoms with Gasteiger partial charge >= 0.3 is 6.03 Å². The van der Waals surface area contributed by atoms with Gasteiger partial charge in [0.05, 0.1) is 11.4 Å². The standard InChI is InChI=1S/C31H23N3O5/c35-28(32-23-13-4-1-5-14-23)21-39-27-19-11-10-12-22(27)20-26-29(36)33(24-15-6-2-7-16-24)31(38)34(30(26)37)25-17-8-3-9-18-25/h1-20H,21H2,(H,32,35). The number of carbonyl (C=O) groups is 4. The van der Waals surface area contributed by atoms with Gasteiger partial charge in [-0.15, -0.1) is 0 Å². The summed E-state index contributed by atoms with van der Waals surface area (Å²) in [6.45, 7) is -0.290. The van der Waals surface area contributed by atoms with Crippen LogP contribution in [0.5, 0.6) is 5.75 Å². The Bertz CT molecular complexity index is 1490. The lowest BCUT2D eigenvalue weighted by atomic mass is 10.0. The molecule has 5 rings (SSSR count). The van der Waals surface area contributed by atoms with E-state index in [1.807, 2.05) is 6.07 Å². The van der Waals surface area contributed by atoms with Crippen molar-refractivity contribution in [2.24, 2.45) is 0 Å². The number of imide groups is 2. The second-order valence-corrected chi connectivity index (χ2v) is 8.53. The highest BCUT2D eigenvalue weighted by atomic mass is 16.5. The molecule has 39 heavy (non-hydrogen) atoms.